The van der Waals surface area contributed by atoms with Crippen LogP contribution in [0, 0.1) is 0 Å². The molecule has 33 heavy (non-hydrogen) atoms. The molecule has 0 saturated heterocycles. The Kier molecular flexibility index (Phi) is 6.73. The average Bonchev–Trinajstić information content (AvgIpc) is 3.10. The summed E-state index contributed by atoms with van der Waals surface area (Å²) in [7, 11) is 1.56. The van der Waals surface area contributed by atoms with Crippen molar-refractivity contribution in [3.63, 3.8) is 0 Å². The normalized spacial score (nSPS) is 10.8. The topological polar surface area (TPSA) is 87.4 Å². The number of imidazole rings is 1. The molecule has 0 saturated carbocycles. The Balaban J connectivity index is 1.52. The predicted octanol–water partition coefficient (Wildman–Crippen LogP) is 3.83. The van der Waals surface area contributed by atoms with Crippen LogP contribution in [-0.2, 0) is 24.5 Å². The Labute approximate surface area is 191 Å². The molecule has 0 radical (unpaired) electrons. The van der Waals surface area contributed by atoms with Gasteiger partial charge in [-0.15, -0.1) is 0 Å². The predicted molar refractivity (Wildman–Crippen MR) is 127 cm³/mol. The Morgan fingerprint density at radius 2 is 1.73 bits per heavy atom. The molecule has 0 atom stereocenters. The molecule has 0 aliphatic rings. The molecule has 0 aliphatic carbocycles. The first-order valence-corrected chi connectivity index (χ1v) is 10.8. The molecule has 2 aromatic heterocycles. The number of nitrogens with zero attached hydrogens (tertiary/aromatic N) is 3. The maximum atomic E-state index is 12.9. The van der Waals surface area contributed by atoms with Gasteiger partial charge in [0.05, 0.1) is 18.1 Å². The Bertz CT molecular complexity index is 1310. The molecule has 0 spiro atoms. The first-order chi connectivity index (χ1) is 16.1. The molecule has 4 rings (SSSR count). The summed E-state index contributed by atoms with van der Waals surface area (Å²) < 4.78 is 14.5. The van der Waals surface area contributed by atoms with Crippen LogP contribution in [0.5, 0.6) is 11.5 Å². The van der Waals surface area contributed by atoms with E-state index in [4.69, 9.17) is 9.47 Å². The number of carbonyl (C=O) groups excluding carboxylic acids is 1. The van der Waals surface area contributed by atoms with E-state index in [0.717, 1.165) is 23.0 Å². The molecule has 2 heterocycles. The fourth-order valence-corrected chi connectivity index (χ4v) is 3.72. The van der Waals surface area contributed by atoms with Crippen LogP contribution in [0.15, 0.2) is 71.8 Å². The van der Waals surface area contributed by atoms with Gasteiger partial charge in [-0.3, -0.25) is 18.9 Å². The summed E-state index contributed by atoms with van der Waals surface area (Å²) in [5.41, 5.74) is 2.89. The van der Waals surface area contributed by atoms with E-state index in [0.29, 0.717) is 30.3 Å². The van der Waals surface area contributed by atoms with Crippen LogP contribution in [0.2, 0.25) is 0 Å². The van der Waals surface area contributed by atoms with Gasteiger partial charge in [0.25, 0.3) is 0 Å². The van der Waals surface area contributed by atoms with Crippen molar-refractivity contribution in [2.45, 2.75) is 33.0 Å². The third-order valence-electron chi connectivity index (χ3n) is 5.27. The summed E-state index contributed by atoms with van der Waals surface area (Å²) in [5, 5.41) is 2.86. The number of rotatable bonds is 9. The zero-order chi connectivity index (χ0) is 23.2. The molecule has 0 unspecified atom stereocenters. The number of hydrogen-bond donors (Lipinski definition) is 1. The van der Waals surface area contributed by atoms with E-state index in [2.05, 4.69) is 10.3 Å². The molecule has 0 aliphatic heterocycles. The molecule has 4 aromatic rings. The lowest BCUT2D eigenvalue weighted by atomic mass is 10.2. The van der Waals surface area contributed by atoms with Gasteiger partial charge in [0.15, 0.2) is 11.5 Å². The molecule has 8 heteroatoms. The molecule has 8 nitrogen and oxygen atoms in total. The maximum absolute atomic E-state index is 12.9. The summed E-state index contributed by atoms with van der Waals surface area (Å²) in [6.07, 6.45) is 4.23. The lowest BCUT2D eigenvalue weighted by Crippen LogP contribution is -2.29. The van der Waals surface area contributed by atoms with Crippen LogP contribution >= 0.6 is 0 Å². The van der Waals surface area contributed by atoms with Crippen LogP contribution in [0.25, 0.3) is 11.0 Å². The number of methoxy groups -OCH3 is 1. The number of hydrogen-bond acceptors (Lipinski definition) is 5. The highest BCUT2D eigenvalue weighted by Gasteiger charge is 2.16. The van der Waals surface area contributed by atoms with E-state index in [1.165, 1.54) is 4.57 Å². The summed E-state index contributed by atoms with van der Waals surface area (Å²) in [4.78, 5) is 29.8. The fourth-order valence-electron chi connectivity index (χ4n) is 3.72. The maximum Gasteiger partial charge on any atom is 0.329 e. The summed E-state index contributed by atoms with van der Waals surface area (Å²) in [6, 6.07) is 16.4. The number of benzene rings is 2. The van der Waals surface area contributed by atoms with Gasteiger partial charge in [-0.1, -0.05) is 19.1 Å². The Morgan fingerprint density at radius 3 is 2.42 bits per heavy atom. The zero-order valence-electron chi connectivity index (χ0n) is 18.7. The van der Waals surface area contributed by atoms with E-state index in [-0.39, 0.29) is 18.1 Å². The minimum Gasteiger partial charge on any atom is -0.493 e. The number of pyridine rings is 1. The van der Waals surface area contributed by atoms with Crippen molar-refractivity contribution in [3.8, 4) is 11.5 Å². The molecule has 1 amide bonds. The number of anilines is 1. The molecule has 0 bridgehead atoms. The van der Waals surface area contributed by atoms with Crippen molar-refractivity contribution in [1.29, 1.82) is 0 Å². The SMILES string of the molecule is CCCn1c(=O)n(CC(=O)Nc2ccc(OC)c(OCc3ccncc3)c2)c2ccccc21. The lowest BCUT2D eigenvalue weighted by Gasteiger charge is -2.13. The minimum atomic E-state index is -0.304. The van der Waals surface area contributed by atoms with E-state index in [9.17, 15) is 9.59 Å². The molecular formula is C25H26N4O4. The van der Waals surface area contributed by atoms with Gasteiger partial charge < -0.3 is 14.8 Å². The fraction of sp³-hybridized carbons (Fsp3) is 0.240. The monoisotopic (exact) mass is 446 g/mol. The highest BCUT2D eigenvalue weighted by atomic mass is 16.5. The van der Waals surface area contributed by atoms with Gasteiger partial charge in [0.2, 0.25) is 5.91 Å². The van der Waals surface area contributed by atoms with Crippen molar-refractivity contribution >= 4 is 22.6 Å². The van der Waals surface area contributed by atoms with Gasteiger partial charge in [-0.05, 0) is 48.4 Å². The summed E-state index contributed by atoms with van der Waals surface area (Å²) >= 11 is 0. The molecular weight excluding hydrogens is 420 g/mol. The van der Waals surface area contributed by atoms with Crippen LogP contribution in [-0.4, -0.2) is 27.1 Å². The van der Waals surface area contributed by atoms with Crippen LogP contribution < -0.4 is 20.5 Å². The quantitative estimate of drug-likeness (QED) is 0.422. The smallest absolute Gasteiger partial charge is 0.329 e. The molecule has 2 aromatic carbocycles. The van der Waals surface area contributed by atoms with Crippen molar-refractivity contribution in [1.82, 2.24) is 14.1 Å². The van der Waals surface area contributed by atoms with Crippen molar-refractivity contribution < 1.29 is 14.3 Å². The number of ether oxygens (including phenoxy) is 2. The summed E-state index contributed by atoms with van der Waals surface area (Å²) in [5.74, 6) is 0.756. The number of aromatic nitrogens is 3. The van der Waals surface area contributed by atoms with Crippen LogP contribution in [0.3, 0.4) is 0 Å². The third kappa shape index (κ3) is 4.90. The van der Waals surface area contributed by atoms with Crippen LogP contribution in [0.1, 0.15) is 18.9 Å². The Hall–Kier alpha value is -4.07. The van der Waals surface area contributed by atoms with E-state index >= 15 is 0 Å². The van der Waals surface area contributed by atoms with E-state index in [1.54, 1.807) is 42.3 Å². The van der Waals surface area contributed by atoms with Crippen molar-refractivity contribution in [2.24, 2.45) is 0 Å². The zero-order valence-corrected chi connectivity index (χ0v) is 18.7. The number of para-hydroxylation sites is 2. The van der Waals surface area contributed by atoms with Crippen molar-refractivity contribution in [3.05, 3.63) is 83.0 Å². The summed E-state index contributed by atoms with van der Waals surface area (Å²) in [6.45, 7) is 2.87. The second-order valence-electron chi connectivity index (χ2n) is 7.57. The van der Waals surface area contributed by atoms with Gasteiger partial charge in [0, 0.05) is 30.7 Å². The largest absolute Gasteiger partial charge is 0.493 e. The first-order valence-electron chi connectivity index (χ1n) is 10.8. The lowest BCUT2D eigenvalue weighted by molar-refractivity contribution is -0.116. The Morgan fingerprint density at radius 1 is 1.00 bits per heavy atom. The standard InChI is InChI=1S/C25H26N4O4/c1-3-14-28-20-6-4-5-7-21(20)29(25(28)31)16-24(30)27-19-8-9-22(32-2)23(15-19)33-17-18-10-12-26-13-11-18/h4-13,15H,3,14,16-17H2,1-2H3,(H,27,30). The van der Waals surface area contributed by atoms with Crippen molar-refractivity contribution in [2.75, 3.05) is 12.4 Å². The van der Waals surface area contributed by atoms with Crippen LogP contribution in [0.4, 0.5) is 5.69 Å². The third-order valence-corrected chi connectivity index (χ3v) is 5.27. The second-order valence-corrected chi connectivity index (χ2v) is 7.57. The van der Waals surface area contributed by atoms with E-state index < -0.39 is 0 Å². The van der Waals surface area contributed by atoms with Gasteiger partial charge in [0.1, 0.15) is 13.2 Å². The highest BCUT2D eigenvalue weighted by molar-refractivity contribution is 5.92. The number of nitrogens with one attached hydrogen (secondary N) is 1. The van der Waals surface area contributed by atoms with E-state index in [1.807, 2.05) is 43.3 Å². The number of amides is 1. The number of fused-ring (bicyclic) bond motifs is 1. The molecule has 0 fully saturated rings. The second kappa shape index (κ2) is 10.0. The van der Waals surface area contributed by atoms with Gasteiger partial charge in [-0.25, -0.2) is 4.79 Å². The minimum absolute atomic E-state index is 0.0880. The van der Waals surface area contributed by atoms with Gasteiger partial charge >= 0.3 is 5.69 Å². The molecule has 1 N–H and O–H groups in total. The first kappa shape index (κ1) is 22.1. The average molecular weight is 447 g/mol. The number of aryl methyl sites for hydroxylation is 1. The number of carbonyl (C=O) groups is 1. The molecule has 170 valence electrons. The highest BCUT2D eigenvalue weighted by Crippen LogP contribution is 2.31. The van der Waals surface area contributed by atoms with Gasteiger partial charge in [-0.2, -0.15) is 0 Å².